The summed E-state index contributed by atoms with van der Waals surface area (Å²) in [5.41, 5.74) is -0.808. The average Bonchev–Trinajstić information content (AvgIpc) is 2.96. The van der Waals surface area contributed by atoms with Crippen molar-refractivity contribution in [2.75, 3.05) is 13.1 Å². The molecule has 7 nitrogen and oxygen atoms in total. The Morgan fingerprint density at radius 1 is 1.33 bits per heavy atom. The van der Waals surface area contributed by atoms with E-state index in [9.17, 15) is 14.7 Å². The lowest BCUT2D eigenvalue weighted by Gasteiger charge is -2.40. The second kappa shape index (κ2) is 5.46. The van der Waals surface area contributed by atoms with E-state index in [0.717, 1.165) is 19.3 Å². The molecule has 1 aromatic rings. The molecule has 0 bridgehead atoms. The first kappa shape index (κ1) is 14.0. The van der Waals surface area contributed by atoms with Crippen LogP contribution in [0.1, 0.15) is 44.6 Å². The molecule has 21 heavy (non-hydrogen) atoms. The molecule has 3 rings (SSSR count). The Kier molecular flexibility index (Phi) is 3.65. The number of rotatable bonds is 4. The van der Waals surface area contributed by atoms with E-state index in [1.807, 2.05) is 0 Å². The van der Waals surface area contributed by atoms with E-state index in [1.165, 1.54) is 6.33 Å². The Balaban J connectivity index is 1.63. The number of hydrogen-bond donors (Lipinski definition) is 1. The molecule has 1 atom stereocenters. The van der Waals surface area contributed by atoms with Crippen LogP contribution in [0.4, 0.5) is 0 Å². The van der Waals surface area contributed by atoms with E-state index in [2.05, 4.69) is 10.1 Å². The third-order valence-electron chi connectivity index (χ3n) is 4.81. The van der Waals surface area contributed by atoms with Gasteiger partial charge in [0.1, 0.15) is 12.7 Å². The van der Waals surface area contributed by atoms with Crippen LogP contribution in [0, 0.1) is 5.41 Å². The molecule has 0 spiro atoms. The minimum absolute atomic E-state index is 0.0399. The van der Waals surface area contributed by atoms with Crippen molar-refractivity contribution >= 4 is 11.9 Å². The van der Waals surface area contributed by atoms with Crippen molar-refractivity contribution in [3.63, 3.8) is 0 Å². The van der Waals surface area contributed by atoms with Gasteiger partial charge in [0.25, 0.3) is 0 Å². The fourth-order valence-corrected chi connectivity index (χ4v) is 3.27. The first-order chi connectivity index (χ1) is 10.1. The van der Waals surface area contributed by atoms with Gasteiger partial charge in [0.2, 0.25) is 5.91 Å². The van der Waals surface area contributed by atoms with Crippen molar-refractivity contribution in [2.24, 2.45) is 5.41 Å². The monoisotopic (exact) mass is 292 g/mol. The number of aliphatic carboxylic acids is 1. The van der Waals surface area contributed by atoms with Gasteiger partial charge in [0, 0.05) is 19.5 Å². The molecular formula is C14H20N4O3. The number of carboxylic acid groups (broad SMARTS) is 1. The summed E-state index contributed by atoms with van der Waals surface area (Å²) in [5.74, 6) is -0.867. The maximum atomic E-state index is 12.4. The molecule has 1 saturated heterocycles. The molecule has 0 aromatic carbocycles. The van der Waals surface area contributed by atoms with E-state index in [1.54, 1.807) is 15.9 Å². The van der Waals surface area contributed by atoms with E-state index in [0.29, 0.717) is 25.9 Å². The summed E-state index contributed by atoms with van der Waals surface area (Å²) in [6.07, 6.45) is 7.32. The highest BCUT2D eigenvalue weighted by Gasteiger charge is 2.46. The smallest absolute Gasteiger partial charge is 0.310 e. The minimum Gasteiger partial charge on any atom is -0.481 e. The molecule has 1 amide bonds. The maximum absolute atomic E-state index is 12.4. The Hall–Kier alpha value is -1.92. The lowest BCUT2D eigenvalue weighted by Crippen LogP contribution is -2.46. The predicted octanol–water partition coefficient (Wildman–Crippen LogP) is 1.09. The standard InChI is InChI=1S/C14H20N4O3/c19-12(7-14(13(20)21)4-2-5-14)17-6-1-3-11(8-17)18-10-15-9-16-18/h9-11H,1-8H2,(H,20,21). The summed E-state index contributed by atoms with van der Waals surface area (Å²) < 4.78 is 1.79. The Morgan fingerprint density at radius 2 is 2.14 bits per heavy atom. The normalized spacial score (nSPS) is 24.4. The van der Waals surface area contributed by atoms with E-state index < -0.39 is 11.4 Å². The molecule has 2 heterocycles. The lowest BCUT2D eigenvalue weighted by molar-refractivity contribution is -0.160. The second-order valence-corrected chi connectivity index (χ2v) is 6.13. The number of nitrogens with zero attached hydrogens (tertiary/aromatic N) is 4. The van der Waals surface area contributed by atoms with Crippen molar-refractivity contribution in [3.8, 4) is 0 Å². The van der Waals surface area contributed by atoms with Crippen LogP contribution in [0.3, 0.4) is 0 Å². The fraction of sp³-hybridized carbons (Fsp3) is 0.714. The zero-order valence-corrected chi connectivity index (χ0v) is 11.9. The molecule has 1 aliphatic heterocycles. The molecular weight excluding hydrogens is 272 g/mol. The quantitative estimate of drug-likeness (QED) is 0.897. The van der Waals surface area contributed by atoms with Crippen LogP contribution < -0.4 is 0 Å². The first-order valence-electron chi connectivity index (χ1n) is 7.46. The number of amides is 1. The van der Waals surface area contributed by atoms with Gasteiger partial charge < -0.3 is 10.0 Å². The van der Waals surface area contributed by atoms with Gasteiger partial charge >= 0.3 is 5.97 Å². The molecule has 114 valence electrons. The van der Waals surface area contributed by atoms with Gasteiger partial charge in [-0.3, -0.25) is 9.59 Å². The highest BCUT2D eigenvalue weighted by molar-refractivity contribution is 5.85. The summed E-state index contributed by atoms with van der Waals surface area (Å²) in [6.45, 7) is 1.30. The Labute approximate surface area is 123 Å². The number of likely N-dealkylation sites (tertiary alicyclic amines) is 1. The highest BCUT2D eigenvalue weighted by Crippen LogP contribution is 2.44. The third-order valence-corrected chi connectivity index (χ3v) is 4.81. The van der Waals surface area contributed by atoms with Crippen LogP contribution in [0.5, 0.6) is 0 Å². The molecule has 1 aliphatic carbocycles. The van der Waals surface area contributed by atoms with Gasteiger partial charge in [-0.15, -0.1) is 0 Å². The summed E-state index contributed by atoms with van der Waals surface area (Å²) in [7, 11) is 0. The number of carbonyl (C=O) groups is 2. The zero-order chi connectivity index (χ0) is 14.9. The number of aromatic nitrogens is 3. The average molecular weight is 292 g/mol. The largest absolute Gasteiger partial charge is 0.481 e. The summed E-state index contributed by atoms with van der Waals surface area (Å²) in [4.78, 5) is 29.6. The summed E-state index contributed by atoms with van der Waals surface area (Å²) >= 11 is 0. The Bertz CT molecular complexity index is 524. The number of carboxylic acids is 1. The highest BCUT2D eigenvalue weighted by atomic mass is 16.4. The van der Waals surface area contributed by atoms with Crippen molar-refractivity contribution < 1.29 is 14.7 Å². The SMILES string of the molecule is O=C(CC1(C(=O)O)CCC1)N1CCCC(n2cncn2)C1. The second-order valence-electron chi connectivity index (χ2n) is 6.13. The van der Waals surface area contributed by atoms with Gasteiger partial charge in [0.05, 0.1) is 11.5 Å². The topological polar surface area (TPSA) is 88.3 Å². The molecule has 1 N–H and O–H groups in total. The van der Waals surface area contributed by atoms with Crippen molar-refractivity contribution in [3.05, 3.63) is 12.7 Å². The summed E-state index contributed by atoms with van der Waals surface area (Å²) in [5, 5.41) is 13.5. The van der Waals surface area contributed by atoms with Crippen molar-refractivity contribution in [1.29, 1.82) is 0 Å². The van der Waals surface area contributed by atoms with Crippen LogP contribution in [-0.4, -0.2) is 49.7 Å². The molecule has 7 heteroatoms. The maximum Gasteiger partial charge on any atom is 0.310 e. The van der Waals surface area contributed by atoms with Crippen LogP contribution in [0.15, 0.2) is 12.7 Å². The molecule has 1 saturated carbocycles. The number of hydrogen-bond acceptors (Lipinski definition) is 4. The van der Waals surface area contributed by atoms with Crippen LogP contribution in [0.25, 0.3) is 0 Å². The fourth-order valence-electron chi connectivity index (χ4n) is 3.27. The lowest BCUT2D eigenvalue weighted by atomic mass is 9.66. The van der Waals surface area contributed by atoms with Crippen LogP contribution >= 0.6 is 0 Å². The van der Waals surface area contributed by atoms with Gasteiger partial charge in [-0.05, 0) is 25.7 Å². The minimum atomic E-state index is -0.827. The number of piperidine rings is 1. The third kappa shape index (κ3) is 2.64. The summed E-state index contributed by atoms with van der Waals surface area (Å²) in [6, 6.07) is 0.146. The molecule has 0 radical (unpaired) electrons. The van der Waals surface area contributed by atoms with E-state index in [-0.39, 0.29) is 18.4 Å². The first-order valence-corrected chi connectivity index (χ1v) is 7.46. The van der Waals surface area contributed by atoms with E-state index >= 15 is 0 Å². The molecule has 2 fully saturated rings. The van der Waals surface area contributed by atoms with Gasteiger partial charge in [-0.2, -0.15) is 5.10 Å². The molecule has 1 aromatic heterocycles. The molecule has 2 aliphatic rings. The van der Waals surface area contributed by atoms with Gasteiger partial charge in [-0.1, -0.05) is 6.42 Å². The van der Waals surface area contributed by atoms with Crippen LogP contribution in [-0.2, 0) is 9.59 Å². The van der Waals surface area contributed by atoms with Crippen molar-refractivity contribution in [1.82, 2.24) is 19.7 Å². The molecule has 1 unspecified atom stereocenters. The number of carbonyl (C=O) groups excluding carboxylic acids is 1. The van der Waals surface area contributed by atoms with E-state index in [4.69, 9.17) is 0 Å². The predicted molar refractivity (Wildman–Crippen MR) is 73.4 cm³/mol. The van der Waals surface area contributed by atoms with Gasteiger partial charge in [-0.25, -0.2) is 9.67 Å². The van der Waals surface area contributed by atoms with Gasteiger partial charge in [0.15, 0.2) is 0 Å². The van der Waals surface area contributed by atoms with Crippen molar-refractivity contribution in [2.45, 2.75) is 44.6 Å². The Morgan fingerprint density at radius 3 is 2.71 bits per heavy atom. The zero-order valence-electron chi connectivity index (χ0n) is 11.9. The van der Waals surface area contributed by atoms with Crippen LogP contribution in [0.2, 0.25) is 0 Å².